The lowest BCUT2D eigenvalue weighted by atomic mass is 9.97. The monoisotopic (exact) mass is 788 g/mol. The first-order chi connectivity index (χ1) is 27.3. The molecule has 2 aromatic carbocycles. The number of methoxy groups -OCH3 is 1. The molecule has 4 amide bonds. The van der Waals surface area contributed by atoms with Gasteiger partial charge in [0.15, 0.2) is 23.5 Å². The van der Waals surface area contributed by atoms with Crippen molar-refractivity contribution in [3.63, 3.8) is 0 Å². The molecule has 7 rings (SSSR count). The van der Waals surface area contributed by atoms with E-state index in [1.165, 1.54) is 19.2 Å². The maximum absolute atomic E-state index is 13.3. The number of carbonyl (C=O) groups is 4. The minimum atomic E-state index is -1.70. The highest BCUT2D eigenvalue weighted by Gasteiger charge is 2.45. The van der Waals surface area contributed by atoms with Crippen LogP contribution in [0.2, 0.25) is 0 Å². The van der Waals surface area contributed by atoms with Crippen LogP contribution in [0.25, 0.3) is 11.0 Å². The van der Waals surface area contributed by atoms with Gasteiger partial charge in [-0.25, -0.2) is 0 Å². The molecule has 57 heavy (non-hydrogen) atoms. The Labute approximate surface area is 326 Å². The van der Waals surface area contributed by atoms with E-state index in [0.717, 1.165) is 12.8 Å². The molecule has 5 heterocycles. The summed E-state index contributed by atoms with van der Waals surface area (Å²) in [5, 5.41) is 48.4. The van der Waals surface area contributed by atoms with Gasteiger partial charge in [-0.05, 0) is 62.6 Å². The Hall–Kier alpha value is -5.79. The first kappa shape index (κ1) is 39.4. The molecular formula is C39H44N6O12. The maximum atomic E-state index is 13.3. The van der Waals surface area contributed by atoms with Crippen LogP contribution in [0.4, 0.5) is 17.1 Å². The van der Waals surface area contributed by atoms with Crippen molar-refractivity contribution in [2.45, 2.75) is 68.8 Å². The summed E-state index contributed by atoms with van der Waals surface area (Å²) in [6.07, 6.45) is -0.420. The van der Waals surface area contributed by atoms with Crippen molar-refractivity contribution in [2.24, 2.45) is 12.0 Å². The third kappa shape index (κ3) is 7.94. The second-order valence-corrected chi connectivity index (χ2v) is 14.5. The Kier molecular flexibility index (Phi) is 11.1. The van der Waals surface area contributed by atoms with Gasteiger partial charge < -0.3 is 64.5 Å². The van der Waals surface area contributed by atoms with Gasteiger partial charge in [0, 0.05) is 49.6 Å². The lowest BCUT2D eigenvalue weighted by Gasteiger charge is -2.40. The molecule has 3 aliphatic rings. The first-order valence-corrected chi connectivity index (χ1v) is 18.4. The topological polar surface area (TPSA) is 247 Å². The van der Waals surface area contributed by atoms with E-state index in [1.54, 1.807) is 48.1 Å². The van der Waals surface area contributed by atoms with E-state index in [9.17, 15) is 39.6 Å². The van der Waals surface area contributed by atoms with Gasteiger partial charge in [-0.15, -0.1) is 0 Å². The number of amides is 4. The van der Waals surface area contributed by atoms with Crippen molar-refractivity contribution in [3.05, 3.63) is 65.7 Å². The van der Waals surface area contributed by atoms with E-state index < -0.39 is 54.6 Å². The molecule has 0 bridgehead atoms. The average molecular weight is 789 g/mol. The Morgan fingerprint density at radius 2 is 1.82 bits per heavy atom. The number of aryl methyl sites for hydroxylation is 1. The van der Waals surface area contributed by atoms with E-state index in [1.807, 2.05) is 18.0 Å². The fraction of sp³-hybridized carbons (Fsp3) is 0.410. The highest BCUT2D eigenvalue weighted by Crippen LogP contribution is 2.40. The molecule has 3 aliphatic heterocycles. The maximum Gasteiger partial charge on any atom is 0.287 e. The van der Waals surface area contributed by atoms with E-state index >= 15 is 0 Å². The van der Waals surface area contributed by atoms with Gasteiger partial charge in [0.05, 0.1) is 42.8 Å². The molecule has 0 radical (unpaired) electrons. The second-order valence-electron chi connectivity index (χ2n) is 14.5. The molecule has 302 valence electrons. The molecular weight excluding hydrogens is 744 g/mol. The molecule has 0 saturated carbocycles. The minimum Gasteiger partial charge on any atom is -0.493 e. The summed E-state index contributed by atoms with van der Waals surface area (Å²) in [5.74, 6) is -1.02. The third-order valence-corrected chi connectivity index (χ3v) is 10.4. The molecule has 5 unspecified atom stereocenters. The van der Waals surface area contributed by atoms with Crippen LogP contribution in [0.3, 0.4) is 0 Å². The van der Waals surface area contributed by atoms with Crippen LogP contribution < -0.4 is 25.4 Å². The van der Waals surface area contributed by atoms with E-state index in [2.05, 4.69) is 20.9 Å². The summed E-state index contributed by atoms with van der Waals surface area (Å²) in [7, 11) is 3.16. The number of ether oxygens (including phenoxy) is 3. The molecule has 7 N–H and O–H groups in total. The number of hydrogen-bond donors (Lipinski definition) is 7. The number of carbonyl (C=O) groups excluding carboxylic acids is 4. The van der Waals surface area contributed by atoms with E-state index in [0.29, 0.717) is 58.1 Å². The number of fused-ring (bicyclic) bond motifs is 3. The summed E-state index contributed by atoms with van der Waals surface area (Å²) in [5.41, 5.74) is 1.88. The Balaban J connectivity index is 0.913. The lowest BCUT2D eigenvalue weighted by Crippen LogP contribution is -2.64. The van der Waals surface area contributed by atoms with Crippen LogP contribution >= 0.6 is 0 Å². The Morgan fingerprint density at radius 3 is 2.60 bits per heavy atom. The summed E-state index contributed by atoms with van der Waals surface area (Å²) < 4.78 is 23.7. The van der Waals surface area contributed by atoms with Crippen molar-refractivity contribution >= 4 is 57.9 Å². The van der Waals surface area contributed by atoms with Gasteiger partial charge in [-0.2, -0.15) is 0 Å². The van der Waals surface area contributed by atoms with Gasteiger partial charge in [0.1, 0.15) is 35.6 Å². The molecule has 2 saturated heterocycles. The number of nitrogens with one attached hydrogen (secondary N) is 3. The number of benzene rings is 2. The number of aromatic nitrogens is 1. The van der Waals surface area contributed by atoms with Gasteiger partial charge in [-0.1, -0.05) is 0 Å². The molecule has 0 spiro atoms. The van der Waals surface area contributed by atoms with Crippen molar-refractivity contribution < 1.29 is 58.2 Å². The number of aliphatic hydroxyl groups excluding tert-OH is 4. The van der Waals surface area contributed by atoms with Crippen LogP contribution in [-0.4, -0.2) is 123 Å². The van der Waals surface area contributed by atoms with Crippen LogP contribution in [0, 0.1) is 0 Å². The molecule has 2 aromatic heterocycles. The molecule has 4 aromatic rings. The number of rotatable bonds is 12. The molecule has 2 fully saturated rings. The van der Waals surface area contributed by atoms with E-state index in [-0.39, 0.29) is 36.3 Å². The minimum absolute atomic E-state index is 0.0983. The SMILES string of the molecule is COc1cc2c(cc1OCCCC(=O)Nc1cc(C(=O)Nc3ccc4oc(C(=O)NC5C(O)OC(CO)C(O)C5O)cc4c3)n(C)c1)N=C[C@]1(C)CCCN1C2=O. The fourth-order valence-electron chi connectivity index (χ4n) is 7.31. The summed E-state index contributed by atoms with van der Waals surface area (Å²) in [6, 6.07) is 9.57. The summed E-state index contributed by atoms with van der Waals surface area (Å²) >= 11 is 0. The highest BCUT2D eigenvalue weighted by atomic mass is 16.6. The van der Waals surface area contributed by atoms with Gasteiger partial charge in [0.2, 0.25) is 5.91 Å². The average Bonchev–Trinajstić information content (AvgIpc) is 3.89. The van der Waals surface area contributed by atoms with Crippen molar-refractivity contribution in [3.8, 4) is 11.5 Å². The van der Waals surface area contributed by atoms with Crippen LogP contribution in [0.1, 0.15) is 64.0 Å². The largest absolute Gasteiger partial charge is 0.493 e. The Bertz CT molecular complexity index is 2230. The van der Waals surface area contributed by atoms with Crippen molar-refractivity contribution in [1.82, 2.24) is 14.8 Å². The van der Waals surface area contributed by atoms with E-state index in [4.69, 9.17) is 18.6 Å². The zero-order valence-corrected chi connectivity index (χ0v) is 31.4. The summed E-state index contributed by atoms with van der Waals surface area (Å²) in [6.45, 7) is 2.22. The fourth-order valence-corrected chi connectivity index (χ4v) is 7.31. The number of furan rings is 1. The van der Waals surface area contributed by atoms with Crippen LogP contribution in [0.5, 0.6) is 11.5 Å². The highest BCUT2D eigenvalue weighted by molar-refractivity contribution is 6.06. The third-order valence-electron chi connectivity index (χ3n) is 10.4. The van der Waals surface area contributed by atoms with Crippen LogP contribution in [0.15, 0.2) is 58.1 Å². The van der Waals surface area contributed by atoms with Crippen molar-refractivity contribution in [2.75, 3.05) is 37.5 Å². The quantitative estimate of drug-likeness (QED) is 0.102. The smallest absolute Gasteiger partial charge is 0.287 e. The van der Waals surface area contributed by atoms with Crippen LogP contribution in [-0.2, 0) is 16.6 Å². The predicted octanol–water partition coefficient (Wildman–Crippen LogP) is 2.07. The number of anilines is 2. The molecule has 18 nitrogen and oxygen atoms in total. The summed E-state index contributed by atoms with van der Waals surface area (Å²) in [4.78, 5) is 58.8. The Morgan fingerprint density at radius 1 is 1.02 bits per heavy atom. The molecule has 0 aliphatic carbocycles. The predicted molar refractivity (Wildman–Crippen MR) is 204 cm³/mol. The lowest BCUT2D eigenvalue weighted by molar-refractivity contribution is -0.252. The van der Waals surface area contributed by atoms with Crippen molar-refractivity contribution in [1.29, 1.82) is 0 Å². The first-order valence-electron chi connectivity index (χ1n) is 18.4. The number of hydrogen-bond acceptors (Lipinski definition) is 13. The second kappa shape index (κ2) is 16.0. The van der Waals surface area contributed by atoms with Gasteiger partial charge in [0.25, 0.3) is 17.7 Å². The zero-order chi connectivity index (χ0) is 40.6. The van der Waals surface area contributed by atoms with Gasteiger partial charge >= 0.3 is 0 Å². The molecule has 18 heteroatoms. The molecule has 6 atom stereocenters. The van der Waals surface area contributed by atoms with Gasteiger partial charge in [-0.3, -0.25) is 24.2 Å². The standard InChI is InChI=1S/C39H44N6O12/c1-39-9-5-10-45(39)37(52)23-15-27(54-3)28(16-24(23)40-19-39)55-11-4-6-31(47)41-22-14-25(44(2)17-22)35(50)42-21-7-8-26-20(12-21)13-29(56-26)36(51)43-32-34(49)33(48)30(18-46)57-38(32)53/h7-8,12-17,19,30,32-34,38,46,48-49,53H,4-6,9-11,18H2,1-3H3,(H,41,47)(H,42,50)(H,43,51)/t30?,32?,33?,34?,38?,39-/m0/s1. The number of aliphatic imine (C=N–C) groups is 1. The number of aliphatic hydroxyl groups is 4. The number of nitrogens with zero attached hydrogens (tertiary/aromatic N) is 3. The zero-order valence-electron chi connectivity index (χ0n) is 31.4. The normalized spacial score (nSPS) is 24.1.